The van der Waals surface area contributed by atoms with E-state index >= 15 is 0 Å². The lowest BCUT2D eigenvalue weighted by molar-refractivity contribution is -0.00558. The molecule has 3 heteroatoms. The van der Waals surface area contributed by atoms with Crippen LogP contribution in [0.25, 0.3) is 21.9 Å². The van der Waals surface area contributed by atoms with E-state index in [0.717, 1.165) is 47.1 Å². The maximum Gasteiger partial charge on any atom is 0.338 e. The van der Waals surface area contributed by atoms with Gasteiger partial charge < -0.3 is 9.47 Å². The minimum Gasteiger partial charge on any atom is -0.457 e. The van der Waals surface area contributed by atoms with E-state index in [9.17, 15) is 4.79 Å². The molecule has 1 saturated heterocycles. The van der Waals surface area contributed by atoms with Crippen LogP contribution in [0.3, 0.4) is 0 Å². The molecule has 1 unspecified atom stereocenters. The van der Waals surface area contributed by atoms with Gasteiger partial charge in [0, 0.05) is 6.42 Å². The Balaban J connectivity index is 1.09. The Bertz CT molecular complexity index is 1550. The van der Waals surface area contributed by atoms with Gasteiger partial charge >= 0.3 is 5.97 Å². The summed E-state index contributed by atoms with van der Waals surface area (Å²) in [6.07, 6.45) is 9.99. The van der Waals surface area contributed by atoms with Gasteiger partial charge in [0.1, 0.15) is 6.61 Å². The van der Waals surface area contributed by atoms with Gasteiger partial charge in [0.05, 0.1) is 18.3 Å². The first kappa shape index (κ1) is 24.4. The van der Waals surface area contributed by atoms with Crippen molar-refractivity contribution in [3.8, 4) is 11.1 Å². The monoisotopic (exact) mass is 528 g/mol. The van der Waals surface area contributed by atoms with Crippen LogP contribution in [0, 0.1) is 17.8 Å². The third-order valence-electron chi connectivity index (χ3n) is 10.2. The standard InChI is InChI=1S/C37H36O3/c38-36(40-22-24-4-2-1-3-5-24)33-11-9-28-15-29(6-7-30(28)16-33)31-8-10-32(17-34-23-39-34)35(18-31)37-19-25-12-26(20-37)14-27(13-25)21-37/h1-11,15-16,18,25-27,34H,12-14,17,19-23H2. The SMILES string of the molecule is O=C(OCc1ccccc1)c1ccc2cc(-c3ccc(CC4CO4)c(C45CC6CC(CC(C6)C4)C5)c3)ccc2c1. The summed E-state index contributed by atoms with van der Waals surface area (Å²) >= 11 is 0. The quantitative estimate of drug-likeness (QED) is 0.179. The second kappa shape index (κ2) is 9.59. The van der Waals surface area contributed by atoms with E-state index in [1.54, 1.807) is 5.56 Å². The molecule has 4 aromatic carbocycles. The zero-order valence-corrected chi connectivity index (χ0v) is 23.0. The number of fused-ring (bicyclic) bond motifs is 1. The third-order valence-corrected chi connectivity index (χ3v) is 10.2. The Kier molecular flexibility index (Phi) is 5.84. The predicted octanol–water partition coefficient (Wildman–Crippen LogP) is 8.27. The topological polar surface area (TPSA) is 38.8 Å². The molecule has 4 aromatic rings. The third kappa shape index (κ3) is 4.55. The van der Waals surface area contributed by atoms with Crippen LogP contribution in [0.2, 0.25) is 0 Å². The predicted molar refractivity (Wildman–Crippen MR) is 158 cm³/mol. The summed E-state index contributed by atoms with van der Waals surface area (Å²) < 4.78 is 11.2. The van der Waals surface area contributed by atoms with Gasteiger partial charge in [-0.15, -0.1) is 0 Å². The summed E-state index contributed by atoms with van der Waals surface area (Å²) in [6, 6.07) is 29.6. The number of hydrogen-bond donors (Lipinski definition) is 0. The van der Waals surface area contributed by atoms with E-state index in [1.807, 2.05) is 42.5 Å². The van der Waals surface area contributed by atoms with Crippen LogP contribution in [0.4, 0.5) is 0 Å². The minimum absolute atomic E-state index is 0.283. The van der Waals surface area contributed by atoms with Crippen molar-refractivity contribution in [1.82, 2.24) is 0 Å². The number of epoxide rings is 1. The zero-order chi connectivity index (χ0) is 26.7. The number of benzene rings is 4. The Morgan fingerprint density at radius 2 is 1.43 bits per heavy atom. The van der Waals surface area contributed by atoms with E-state index < -0.39 is 0 Å². The van der Waals surface area contributed by atoms with Gasteiger partial charge in [-0.25, -0.2) is 4.79 Å². The van der Waals surface area contributed by atoms with Crippen LogP contribution in [0.15, 0.2) is 84.9 Å². The summed E-state index contributed by atoms with van der Waals surface area (Å²) in [4.78, 5) is 12.7. The highest BCUT2D eigenvalue weighted by atomic mass is 16.6. The molecule has 5 fully saturated rings. The van der Waals surface area contributed by atoms with Gasteiger partial charge in [-0.2, -0.15) is 0 Å². The van der Waals surface area contributed by atoms with Crippen LogP contribution in [0.5, 0.6) is 0 Å². The Morgan fingerprint density at radius 1 is 0.775 bits per heavy atom. The van der Waals surface area contributed by atoms with Crippen LogP contribution < -0.4 is 0 Å². The summed E-state index contributed by atoms with van der Waals surface area (Å²) in [7, 11) is 0. The van der Waals surface area contributed by atoms with Crippen LogP contribution in [0.1, 0.15) is 65.6 Å². The first-order chi connectivity index (χ1) is 19.6. The fourth-order valence-electron chi connectivity index (χ4n) is 8.66. The van der Waals surface area contributed by atoms with Crippen molar-refractivity contribution in [1.29, 1.82) is 0 Å². The van der Waals surface area contributed by atoms with Crippen molar-refractivity contribution in [2.45, 2.75) is 63.1 Å². The van der Waals surface area contributed by atoms with Gasteiger partial charge in [0.25, 0.3) is 0 Å². The molecule has 1 atom stereocenters. The average molecular weight is 529 g/mol. The second-order valence-electron chi connectivity index (χ2n) is 13.1. The zero-order valence-electron chi connectivity index (χ0n) is 23.0. The number of ether oxygens (including phenoxy) is 2. The van der Waals surface area contributed by atoms with E-state index in [1.165, 1.54) is 55.2 Å². The fraction of sp³-hybridized carbons (Fsp3) is 0.378. The van der Waals surface area contributed by atoms with Crippen molar-refractivity contribution >= 4 is 16.7 Å². The number of rotatable bonds is 7. The smallest absolute Gasteiger partial charge is 0.338 e. The number of carbonyl (C=O) groups is 1. The molecule has 4 aliphatic carbocycles. The molecule has 0 amide bonds. The highest BCUT2D eigenvalue weighted by Crippen LogP contribution is 2.61. The highest BCUT2D eigenvalue weighted by molar-refractivity contribution is 5.96. The molecular weight excluding hydrogens is 492 g/mol. The number of carbonyl (C=O) groups excluding carboxylic acids is 1. The molecule has 40 heavy (non-hydrogen) atoms. The Morgan fingerprint density at radius 3 is 2.15 bits per heavy atom. The molecule has 0 aromatic heterocycles. The molecule has 202 valence electrons. The van der Waals surface area contributed by atoms with Crippen molar-refractivity contribution < 1.29 is 14.3 Å². The molecule has 4 saturated carbocycles. The summed E-state index contributed by atoms with van der Waals surface area (Å²) in [6.45, 7) is 1.19. The largest absolute Gasteiger partial charge is 0.457 e. The molecule has 0 radical (unpaired) electrons. The van der Waals surface area contributed by atoms with E-state index in [0.29, 0.717) is 17.1 Å². The first-order valence-electron chi connectivity index (χ1n) is 15.1. The molecule has 1 heterocycles. The summed E-state index contributed by atoms with van der Waals surface area (Å²) in [5, 5.41) is 2.20. The van der Waals surface area contributed by atoms with Gasteiger partial charge in [-0.1, -0.05) is 66.7 Å². The van der Waals surface area contributed by atoms with Gasteiger partial charge in [-0.3, -0.25) is 0 Å². The van der Waals surface area contributed by atoms with Crippen LogP contribution >= 0.6 is 0 Å². The van der Waals surface area contributed by atoms with Crippen LogP contribution in [-0.4, -0.2) is 18.7 Å². The first-order valence-corrected chi connectivity index (χ1v) is 15.1. The lowest BCUT2D eigenvalue weighted by Crippen LogP contribution is -2.49. The van der Waals surface area contributed by atoms with Crippen molar-refractivity contribution in [3.63, 3.8) is 0 Å². The van der Waals surface area contributed by atoms with E-state index in [2.05, 4.69) is 42.5 Å². The Hall–Kier alpha value is -3.43. The van der Waals surface area contributed by atoms with Crippen molar-refractivity contribution in [2.75, 3.05) is 6.61 Å². The normalized spacial score (nSPS) is 28.1. The van der Waals surface area contributed by atoms with Gasteiger partial charge in [-0.05, 0) is 118 Å². The summed E-state index contributed by atoms with van der Waals surface area (Å²) in [5.74, 6) is 2.49. The maximum absolute atomic E-state index is 12.7. The lowest BCUT2D eigenvalue weighted by atomic mass is 9.47. The highest BCUT2D eigenvalue weighted by Gasteiger charge is 2.52. The molecular formula is C37H36O3. The molecule has 0 spiro atoms. The molecule has 0 N–H and O–H groups in total. The van der Waals surface area contributed by atoms with E-state index in [4.69, 9.17) is 9.47 Å². The van der Waals surface area contributed by atoms with Gasteiger partial charge in [0.15, 0.2) is 0 Å². The van der Waals surface area contributed by atoms with Crippen molar-refractivity contribution in [2.24, 2.45) is 17.8 Å². The molecule has 1 aliphatic heterocycles. The maximum atomic E-state index is 12.7. The second-order valence-corrected chi connectivity index (χ2v) is 13.1. The lowest BCUT2D eigenvalue weighted by Gasteiger charge is -2.57. The minimum atomic E-state index is -0.287. The molecule has 5 aliphatic rings. The molecule has 4 bridgehead atoms. The fourth-order valence-corrected chi connectivity index (χ4v) is 8.66. The number of esters is 1. The number of hydrogen-bond acceptors (Lipinski definition) is 3. The van der Waals surface area contributed by atoms with Crippen LogP contribution in [-0.2, 0) is 27.9 Å². The summed E-state index contributed by atoms with van der Waals surface area (Å²) in [5.41, 5.74) is 7.63. The van der Waals surface area contributed by atoms with E-state index in [-0.39, 0.29) is 12.6 Å². The van der Waals surface area contributed by atoms with Crippen molar-refractivity contribution in [3.05, 3.63) is 107 Å². The average Bonchev–Trinajstić information content (AvgIpc) is 3.79. The molecule has 9 rings (SSSR count). The Labute approximate surface area is 236 Å². The van der Waals surface area contributed by atoms with Gasteiger partial charge in [0.2, 0.25) is 0 Å². The molecule has 3 nitrogen and oxygen atoms in total.